The number of rotatable bonds is 1. The third kappa shape index (κ3) is 2.32. The van der Waals surface area contributed by atoms with E-state index in [9.17, 15) is 4.21 Å². The Morgan fingerprint density at radius 2 is 2.55 bits per heavy atom. The Morgan fingerprint density at radius 3 is 3.09 bits per heavy atom. The molecule has 1 heterocycles. The van der Waals surface area contributed by atoms with Gasteiger partial charge in [0.25, 0.3) is 0 Å². The van der Waals surface area contributed by atoms with Gasteiger partial charge in [0.15, 0.2) is 0 Å². The van der Waals surface area contributed by atoms with Crippen LogP contribution in [0, 0.1) is 12.3 Å². The SMILES string of the molecule is C#CCN1CCS(=O)C(C)C1. The molecule has 2 unspecified atom stereocenters. The van der Waals surface area contributed by atoms with E-state index in [1.807, 2.05) is 6.92 Å². The van der Waals surface area contributed by atoms with Crippen molar-refractivity contribution in [1.29, 1.82) is 0 Å². The zero-order valence-electron chi connectivity index (χ0n) is 6.75. The molecule has 0 aromatic rings. The summed E-state index contributed by atoms with van der Waals surface area (Å²) in [6.45, 7) is 4.48. The highest BCUT2D eigenvalue weighted by molar-refractivity contribution is 7.85. The highest BCUT2D eigenvalue weighted by Gasteiger charge is 2.20. The summed E-state index contributed by atoms with van der Waals surface area (Å²) in [6.07, 6.45) is 5.17. The minimum absolute atomic E-state index is 0.289. The van der Waals surface area contributed by atoms with Crippen LogP contribution in [0.2, 0.25) is 0 Å². The van der Waals surface area contributed by atoms with Crippen LogP contribution >= 0.6 is 0 Å². The van der Waals surface area contributed by atoms with Crippen LogP contribution in [0.3, 0.4) is 0 Å². The van der Waals surface area contributed by atoms with Gasteiger partial charge < -0.3 is 0 Å². The molecule has 1 aliphatic heterocycles. The number of nitrogens with zero attached hydrogens (tertiary/aromatic N) is 1. The second-order valence-electron chi connectivity index (χ2n) is 2.83. The molecule has 0 aliphatic carbocycles. The summed E-state index contributed by atoms with van der Waals surface area (Å²) in [5.74, 6) is 3.38. The maximum absolute atomic E-state index is 11.2. The fourth-order valence-electron chi connectivity index (χ4n) is 1.23. The van der Waals surface area contributed by atoms with E-state index in [1.54, 1.807) is 0 Å². The predicted octanol–water partition coefficient (Wildman–Crippen LogP) is 0.0724. The van der Waals surface area contributed by atoms with Crippen LogP contribution in [0.25, 0.3) is 0 Å². The molecular formula is C8H13NOS. The average molecular weight is 171 g/mol. The minimum atomic E-state index is -0.619. The van der Waals surface area contributed by atoms with Crippen molar-refractivity contribution >= 4 is 10.8 Å². The van der Waals surface area contributed by atoms with Crippen molar-refractivity contribution in [2.24, 2.45) is 0 Å². The summed E-state index contributed by atoms with van der Waals surface area (Å²) in [5.41, 5.74) is 0. The van der Waals surface area contributed by atoms with E-state index in [2.05, 4.69) is 10.8 Å². The molecule has 0 saturated carbocycles. The van der Waals surface area contributed by atoms with Crippen molar-refractivity contribution in [3.63, 3.8) is 0 Å². The van der Waals surface area contributed by atoms with Crippen LogP contribution in [0.4, 0.5) is 0 Å². The van der Waals surface area contributed by atoms with Gasteiger partial charge in [0, 0.05) is 34.9 Å². The molecule has 1 fully saturated rings. The summed E-state index contributed by atoms with van der Waals surface area (Å²) in [5, 5.41) is 0.289. The van der Waals surface area contributed by atoms with Crippen LogP contribution < -0.4 is 0 Å². The molecule has 11 heavy (non-hydrogen) atoms. The van der Waals surface area contributed by atoms with Gasteiger partial charge in [-0.2, -0.15) is 0 Å². The van der Waals surface area contributed by atoms with Crippen molar-refractivity contribution in [2.75, 3.05) is 25.4 Å². The molecular weight excluding hydrogens is 158 g/mol. The van der Waals surface area contributed by atoms with Gasteiger partial charge in [-0.05, 0) is 6.92 Å². The Kier molecular flexibility index (Phi) is 3.10. The average Bonchev–Trinajstić information content (AvgIpc) is 1.98. The minimum Gasteiger partial charge on any atom is -0.290 e. The quantitative estimate of drug-likeness (QED) is 0.520. The van der Waals surface area contributed by atoms with Crippen LogP contribution in [-0.4, -0.2) is 39.7 Å². The van der Waals surface area contributed by atoms with Crippen LogP contribution in [0.1, 0.15) is 6.92 Å². The molecule has 0 bridgehead atoms. The Hall–Kier alpha value is -0.330. The van der Waals surface area contributed by atoms with Gasteiger partial charge in [0.2, 0.25) is 0 Å². The van der Waals surface area contributed by atoms with Crippen molar-refractivity contribution in [3.8, 4) is 12.3 Å². The first-order chi connectivity index (χ1) is 5.24. The summed E-state index contributed by atoms with van der Waals surface area (Å²) in [4.78, 5) is 2.17. The third-order valence-electron chi connectivity index (χ3n) is 1.89. The summed E-state index contributed by atoms with van der Waals surface area (Å²) in [7, 11) is -0.619. The maximum atomic E-state index is 11.2. The Morgan fingerprint density at radius 1 is 1.82 bits per heavy atom. The van der Waals surface area contributed by atoms with Gasteiger partial charge in [-0.1, -0.05) is 5.92 Å². The molecule has 62 valence electrons. The predicted molar refractivity (Wildman–Crippen MR) is 47.7 cm³/mol. The lowest BCUT2D eigenvalue weighted by Gasteiger charge is -2.28. The molecule has 0 aromatic carbocycles. The molecule has 0 N–H and O–H groups in total. The normalized spacial score (nSPS) is 33.1. The van der Waals surface area contributed by atoms with Crippen LogP contribution in [0.15, 0.2) is 0 Å². The highest BCUT2D eigenvalue weighted by atomic mass is 32.2. The molecule has 0 spiro atoms. The van der Waals surface area contributed by atoms with E-state index in [1.165, 1.54) is 0 Å². The van der Waals surface area contributed by atoms with E-state index in [-0.39, 0.29) is 5.25 Å². The van der Waals surface area contributed by atoms with Crippen molar-refractivity contribution < 1.29 is 4.21 Å². The Labute approximate surface area is 70.4 Å². The number of terminal acetylenes is 1. The zero-order valence-corrected chi connectivity index (χ0v) is 7.56. The first kappa shape index (κ1) is 8.76. The molecule has 1 aliphatic rings. The van der Waals surface area contributed by atoms with Gasteiger partial charge in [0.05, 0.1) is 6.54 Å². The number of hydrogen-bond acceptors (Lipinski definition) is 2. The maximum Gasteiger partial charge on any atom is 0.0599 e. The zero-order chi connectivity index (χ0) is 8.27. The van der Waals surface area contributed by atoms with Gasteiger partial charge >= 0.3 is 0 Å². The first-order valence-corrected chi connectivity index (χ1v) is 5.15. The molecule has 1 rings (SSSR count). The largest absolute Gasteiger partial charge is 0.290 e. The summed E-state index contributed by atoms with van der Waals surface area (Å²) in [6, 6.07) is 0. The van der Waals surface area contributed by atoms with Crippen molar-refractivity contribution in [1.82, 2.24) is 4.90 Å². The van der Waals surface area contributed by atoms with E-state index < -0.39 is 10.8 Å². The summed E-state index contributed by atoms with van der Waals surface area (Å²) >= 11 is 0. The van der Waals surface area contributed by atoms with E-state index in [0.717, 1.165) is 18.8 Å². The molecule has 1 saturated heterocycles. The lowest BCUT2D eigenvalue weighted by molar-refractivity contribution is 0.317. The lowest BCUT2D eigenvalue weighted by Crippen LogP contribution is -2.42. The fraction of sp³-hybridized carbons (Fsp3) is 0.750. The molecule has 2 atom stereocenters. The molecule has 0 radical (unpaired) electrons. The van der Waals surface area contributed by atoms with Crippen molar-refractivity contribution in [2.45, 2.75) is 12.2 Å². The van der Waals surface area contributed by atoms with E-state index >= 15 is 0 Å². The molecule has 3 heteroatoms. The first-order valence-electron chi connectivity index (χ1n) is 3.77. The summed E-state index contributed by atoms with van der Waals surface area (Å²) < 4.78 is 11.2. The Balaban J connectivity index is 2.41. The monoisotopic (exact) mass is 171 g/mol. The van der Waals surface area contributed by atoms with Gasteiger partial charge in [-0.3, -0.25) is 9.11 Å². The van der Waals surface area contributed by atoms with Crippen LogP contribution in [-0.2, 0) is 10.8 Å². The van der Waals surface area contributed by atoms with Crippen molar-refractivity contribution in [3.05, 3.63) is 0 Å². The second kappa shape index (κ2) is 3.89. The topological polar surface area (TPSA) is 20.3 Å². The standard InChI is InChI=1S/C8H13NOS/c1-3-4-9-5-6-11(10)8(2)7-9/h1,8H,4-7H2,2H3. The number of hydrogen-bond donors (Lipinski definition) is 0. The smallest absolute Gasteiger partial charge is 0.0599 e. The fourth-order valence-corrected chi connectivity index (χ4v) is 2.45. The Bertz CT molecular complexity index is 197. The van der Waals surface area contributed by atoms with E-state index in [4.69, 9.17) is 6.42 Å². The van der Waals surface area contributed by atoms with Gasteiger partial charge in [-0.15, -0.1) is 6.42 Å². The second-order valence-corrected chi connectivity index (χ2v) is 4.81. The molecule has 2 nitrogen and oxygen atoms in total. The van der Waals surface area contributed by atoms with Gasteiger partial charge in [-0.25, -0.2) is 0 Å². The van der Waals surface area contributed by atoms with Crippen LogP contribution in [0.5, 0.6) is 0 Å². The molecule has 0 aromatic heterocycles. The van der Waals surface area contributed by atoms with E-state index in [0.29, 0.717) is 6.54 Å². The third-order valence-corrected chi connectivity index (χ3v) is 3.52. The molecule has 0 amide bonds. The lowest BCUT2D eigenvalue weighted by atomic mass is 10.4. The van der Waals surface area contributed by atoms with Gasteiger partial charge in [0.1, 0.15) is 0 Å². The highest BCUT2D eigenvalue weighted by Crippen LogP contribution is 2.06.